The van der Waals surface area contributed by atoms with E-state index in [0.717, 1.165) is 24.7 Å². The molecular weight excluding hydrogens is 314 g/mol. The number of nitrogens with one attached hydrogen (secondary N) is 1. The van der Waals surface area contributed by atoms with Crippen LogP contribution >= 0.6 is 0 Å². The summed E-state index contributed by atoms with van der Waals surface area (Å²) < 4.78 is 28.7. The van der Waals surface area contributed by atoms with Crippen molar-refractivity contribution in [2.45, 2.75) is 44.8 Å². The van der Waals surface area contributed by atoms with Gasteiger partial charge in [-0.15, -0.1) is 0 Å². The van der Waals surface area contributed by atoms with Crippen molar-refractivity contribution in [1.82, 2.24) is 5.32 Å². The average Bonchev–Trinajstić information content (AvgIpc) is 3.04. The quantitative estimate of drug-likeness (QED) is 0.910. The van der Waals surface area contributed by atoms with Gasteiger partial charge in [0.05, 0.1) is 11.8 Å². The molecule has 1 aliphatic heterocycles. The van der Waals surface area contributed by atoms with Gasteiger partial charge in [-0.05, 0) is 62.4 Å². The second-order valence-electron chi connectivity index (χ2n) is 6.63. The van der Waals surface area contributed by atoms with Crippen molar-refractivity contribution in [2.24, 2.45) is 0 Å². The first-order valence-electron chi connectivity index (χ1n) is 7.78. The molecule has 1 aromatic rings. The summed E-state index contributed by atoms with van der Waals surface area (Å²) in [7, 11) is -3.19. The Balaban J connectivity index is 1.66. The fourth-order valence-electron chi connectivity index (χ4n) is 2.96. The number of benzene rings is 1. The largest absolute Gasteiger partial charge is 0.478 e. The molecule has 1 aromatic carbocycles. The average molecular weight is 335 g/mol. The summed E-state index contributed by atoms with van der Waals surface area (Å²) >= 11 is 0. The van der Waals surface area contributed by atoms with Crippen molar-refractivity contribution in [2.75, 3.05) is 5.75 Å². The molecule has 0 aromatic heterocycles. The van der Waals surface area contributed by atoms with Crippen LogP contribution in [0.2, 0.25) is 0 Å². The number of rotatable bonds is 4. The van der Waals surface area contributed by atoms with Crippen LogP contribution in [0.1, 0.15) is 31.4 Å². The lowest BCUT2D eigenvalue weighted by atomic mass is 10.1. The lowest BCUT2D eigenvalue weighted by molar-refractivity contribution is -0.134. The molecule has 1 N–H and O–H groups in total. The SMILES string of the molecule is CC(C)(Oc1ccc2c(c1)CCC2)C(=O)NC1C=CS(=O)(=O)C1. The van der Waals surface area contributed by atoms with Crippen LogP contribution in [0, 0.1) is 0 Å². The summed E-state index contributed by atoms with van der Waals surface area (Å²) in [4.78, 5) is 12.4. The molecule has 3 rings (SSSR count). The van der Waals surface area contributed by atoms with E-state index in [2.05, 4.69) is 11.4 Å². The molecule has 1 heterocycles. The summed E-state index contributed by atoms with van der Waals surface area (Å²) in [5.41, 5.74) is 1.55. The van der Waals surface area contributed by atoms with E-state index >= 15 is 0 Å². The van der Waals surface area contributed by atoms with Crippen molar-refractivity contribution in [1.29, 1.82) is 0 Å². The second kappa shape index (κ2) is 5.67. The standard InChI is InChI=1S/C17H21NO4S/c1-17(2,16(19)18-14-8-9-23(20,21)11-14)22-15-7-6-12-4-3-5-13(12)10-15/h6-10,14H,3-5,11H2,1-2H3,(H,18,19). The molecule has 1 aliphatic carbocycles. The van der Waals surface area contributed by atoms with Gasteiger partial charge in [0, 0.05) is 5.41 Å². The van der Waals surface area contributed by atoms with Crippen LogP contribution in [0.5, 0.6) is 5.75 Å². The molecule has 0 saturated heterocycles. The van der Waals surface area contributed by atoms with Crippen LogP contribution in [-0.4, -0.2) is 31.7 Å². The third-order valence-electron chi connectivity index (χ3n) is 4.24. The van der Waals surface area contributed by atoms with E-state index in [1.54, 1.807) is 13.8 Å². The Labute approximate surface area is 136 Å². The van der Waals surface area contributed by atoms with Crippen LogP contribution < -0.4 is 10.1 Å². The van der Waals surface area contributed by atoms with Gasteiger partial charge in [0.2, 0.25) is 0 Å². The van der Waals surface area contributed by atoms with E-state index in [9.17, 15) is 13.2 Å². The van der Waals surface area contributed by atoms with Crippen molar-refractivity contribution in [3.63, 3.8) is 0 Å². The topological polar surface area (TPSA) is 72.5 Å². The zero-order valence-corrected chi connectivity index (χ0v) is 14.2. The van der Waals surface area contributed by atoms with Crippen LogP contribution in [-0.2, 0) is 27.5 Å². The molecule has 6 heteroatoms. The third kappa shape index (κ3) is 3.58. The molecule has 124 valence electrons. The summed E-state index contributed by atoms with van der Waals surface area (Å²) in [5.74, 6) is 0.248. The number of fused-ring (bicyclic) bond motifs is 1. The van der Waals surface area contributed by atoms with E-state index in [1.165, 1.54) is 17.2 Å². The predicted molar refractivity (Wildman–Crippen MR) is 88.0 cm³/mol. The predicted octanol–water partition coefficient (Wildman–Crippen LogP) is 1.76. The first-order chi connectivity index (χ1) is 10.8. The molecule has 1 unspecified atom stereocenters. The molecule has 0 spiro atoms. The number of hydrogen-bond acceptors (Lipinski definition) is 4. The molecule has 1 amide bonds. The maximum absolute atomic E-state index is 12.4. The molecule has 0 fully saturated rings. The number of amides is 1. The Morgan fingerprint density at radius 3 is 2.70 bits per heavy atom. The van der Waals surface area contributed by atoms with E-state index < -0.39 is 21.5 Å². The minimum absolute atomic E-state index is 0.0896. The fourth-order valence-corrected chi connectivity index (χ4v) is 4.20. The van der Waals surface area contributed by atoms with Crippen molar-refractivity contribution < 1.29 is 17.9 Å². The van der Waals surface area contributed by atoms with Crippen LogP contribution in [0.15, 0.2) is 29.7 Å². The van der Waals surface area contributed by atoms with Crippen LogP contribution in [0.25, 0.3) is 0 Å². The van der Waals surface area contributed by atoms with Crippen LogP contribution in [0.3, 0.4) is 0 Å². The number of carbonyl (C=O) groups excluding carboxylic acids is 1. The van der Waals surface area contributed by atoms with Gasteiger partial charge in [0.1, 0.15) is 5.75 Å². The highest BCUT2D eigenvalue weighted by molar-refractivity contribution is 7.94. The lowest BCUT2D eigenvalue weighted by Gasteiger charge is -2.27. The monoisotopic (exact) mass is 335 g/mol. The maximum atomic E-state index is 12.4. The zero-order valence-electron chi connectivity index (χ0n) is 13.3. The molecule has 1 atom stereocenters. The van der Waals surface area contributed by atoms with Crippen LogP contribution in [0.4, 0.5) is 0 Å². The highest BCUT2D eigenvalue weighted by atomic mass is 32.2. The molecule has 0 saturated carbocycles. The van der Waals surface area contributed by atoms with E-state index in [0.29, 0.717) is 5.75 Å². The van der Waals surface area contributed by atoms with Crippen molar-refractivity contribution in [3.05, 3.63) is 40.8 Å². The molecule has 2 aliphatic rings. The minimum atomic E-state index is -3.19. The molecular formula is C17H21NO4S. The molecule has 5 nitrogen and oxygen atoms in total. The highest BCUT2D eigenvalue weighted by Crippen LogP contribution is 2.28. The Hall–Kier alpha value is -1.82. The van der Waals surface area contributed by atoms with Gasteiger partial charge < -0.3 is 10.1 Å². The van der Waals surface area contributed by atoms with Gasteiger partial charge in [-0.3, -0.25) is 4.79 Å². The van der Waals surface area contributed by atoms with E-state index in [1.807, 2.05) is 12.1 Å². The Kier molecular flexibility index (Phi) is 3.96. The second-order valence-corrected chi connectivity index (χ2v) is 8.57. The summed E-state index contributed by atoms with van der Waals surface area (Å²) in [6.45, 7) is 3.37. The number of carbonyl (C=O) groups is 1. The summed E-state index contributed by atoms with van der Waals surface area (Å²) in [6.07, 6.45) is 4.80. The van der Waals surface area contributed by atoms with Gasteiger partial charge in [-0.25, -0.2) is 8.42 Å². The first-order valence-corrected chi connectivity index (χ1v) is 9.49. The third-order valence-corrected chi connectivity index (χ3v) is 5.63. The highest BCUT2D eigenvalue weighted by Gasteiger charge is 2.33. The molecule has 0 radical (unpaired) electrons. The Bertz CT molecular complexity index is 765. The first kappa shape index (κ1) is 16.1. The summed E-state index contributed by atoms with van der Waals surface area (Å²) in [6, 6.07) is 5.45. The number of ether oxygens (including phenoxy) is 1. The Morgan fingerprint density at radius 2 is 2.00 bits per heavy atom. The number of aryl methyl sites for hydroxylation is 2. The van der Waals surface area contributed by atoms with E-state index in [-0.39, 0.29) is 11.7 Å². The minimum Gasteiger partial charge on any atom is -0.478 e. The van der Waals surface area contributed by atoms with Gasteiger partial charge in [0.25, 0.3) is 5.91 Å². The van der Waals surface area contributed by atoms with E-state index in [4.69, 9.17) is 4.74 Å². The van der Waals surface area contributed by atoms with Gasteiger partial charge >= 0.3 is 0 Å². The van der Waals surface area contributed by atoms with Gasteiger partial charge in [0.15, 0.2) is 15.4 Å². The van der Waals surface area contributed by atoms with Gasteiger partial charge in [-0.1, -0.05) is 6.07 Å². The fraction of sp³-hybridized carbons (Fsp3) is 0.471. The maximum Gasteiger partial charge on any atom is 0.264 e. The zero-order chi connectivity index (χ0) is 16.7. The number of hydrogen-bond donors (Lipinski definition) is 1. The molecule has 0 bridgehead atoms. The lowest BCUT2D eigenvalue weighted by Crippen LogP contribution is -2.50. The van der Waals surface area contributed by atoms with Crippen molar-refractivity contribution >= 4 is 15.7 Å². The van der Waals surface area contributed by atoms with Crippen molar-refractivity contribution in [3.8, 4) is 5.75 Å². The normalized spacial score (nSPS) is 21.9. The van der Waals surface area contributed by atoms with Gasteiger partial charge in [-0.2, -0.15) is 0 Å². The Morgan fingerprint density at radius 1 is 1.26 bits per heavy atom. The number of sulfone groups is 1. The summed E-state index contributed by atoms with van der Waals surface area (Å²) in [5, 5.41) is 3.86. The molecule has 23 heavy (non-hydrogen) atoms. The smallest absolute Gasteiger partial charge is 0.264 e.